The van der Waals surface area contributed by atoms with E-state index in [4.69, 9.17) is 0 Å². The van der Waals surface area contributed by atoms with Crippen LogP contribution < -0.4 is 5.32 Å². The first-order valence-electron chi connectivity index (χ1n) is 6.22. The third kappa shape index (κ3) is 3.12. The Morgan fingerprint density at radius 1 is 1.33 bits per heavy atom. The van der Waals surface area contributed by atoms with Crippen molar-refractivity contribution in [2.75, 3.05) is 13.2 Å². The van der Waals surface area contributed by atoms with Crippen LogP contribution in [0.4, 0.5) is 0 Å². The largest absolute Gasteiger partial charge is 0.394 e. The molecule has 0 aliphatic carbocycles. The van der Waals surface area contributed by atoms with E-state index in [1.165, 1.54) is 0 Å². The fourth-order valence-electron chi connectivity index (χ4n) is 1.82. The maximum atomic E-state index is 9.40. The minimum Gasteiger partial charge on any atom is -0.394 e. The first kappa shape index (κ1) is 15.6. The molecule has 1 aromatic heterocycles. The summed E-state index contributed by atoms with van der Waals surface area (Å²) in [6.07, 6.45) is 0.664. The number of aryl methyl sites for hydroxylation is 2. The highest BCUT2D eigenvalue weighted by atomic mass is 79.9. The molecule has 0 aliphatic heterocycles. The molecule has 104 valence electrons. The van der Waals surface area contributed by atoms with Gasteiger partial charge < -0.3 is 15.5 Å². The molecule has 0 radical (unpaired) electrons. The van der Waals surface area contributed by atoms with Gasteiger partial charge in [-0.05, 0) is 36.2 Å². The molecule has 3 N–H and O–H groups in total. The Kier molecular flexibility index (Phi) is 5.78. The van der Waals surface area contributed by atoms with Gasteiger partial charge in [0.25, 0.3) is 0 Å². The predicted molar refractivity (Wildman–Crippen MR) is 74.4 cm³/mol. The Balaban J connectivity index is 2.85. The molecule has 0 bridgehead atoms. The molecule has 0 saturated heterocycles. The van der Waals surface area contributed by atoms with Crippen molar-refractivity contribution in [1.82, 2.24) is 15.1 Å². The number of aliphatic hydroxyl groups excluding tert-OH is 2. The number of hydrogen-bond acceptors (Lipinski definition) is 4. The van der Waals surface area contributed by atoms with Crippen molar-refractivity contribution in [1.29, 1.82) is 0 Å². The molecule has 0 aliphatic rings. The van der Waals surface area contributed by atoms with E-state index in [1.54, 1.807) is 0 Å². The van der Waals surface area contributed by atoms with Crippen LogP contribution in [-0.4, -0.2) is 38.7 Å². The Labute approximate surface area is 116 Å². The van der Waals surface area contributed by atoms with Crippen molar-refractivity contribution in [3.63, 3.8) is 0 Å². The molecule has 0 spiro atoms. The van der Waals surface area contributed by atoms with E-state index in [2.05, 4.69) is 26.3 Å². The van der Waals surface area contributed by atoms with Crippen LogP contribution in [-0.2, 0) is 13.1 Å². The van der Waals surface area contributed by atoms with Crippen molar-refractivity contribution in [2.45, 2.75) is 45.8 Å². The van der Waals surface area contributed by atoms with Gasteiger partial charge in [-0.3, -0.25) is 4.68 Å². The molecule has 1 aromatic rings. The van der Waals surface area contributed by atoms with E-state index in [0.29, 0.717) is 13.0 Å². The highest BCUT2D eigenvalue weighted by molar-refractivity contribution is 9.10. The van der Waals surface area contributed by atoms with Crippen LogP contribution in [0.3, 0.4) is 0 Å². The van der Waals surface area contributed by atoms with Crippen molar-refractivity contribution >= 4 is 15.9 Å². The maximum absolute atomic E-state index is 9.40. The number of aliphatic hydroxyl groups is 2. The molecule has 1 heterocycles. The highest BCUT2D eigenvalue weighted by Gasteiger charge is 2.26. The number of aromatic nitrogens is 2. The first-order chi connectivity index (χ1) is 8.53. The average Bonchev–Trinajstić information content (AvgIpc) is 2.68. The van der Waals surface area contributed by atoms with Crippen LogP contribution in [0.2, 0.25) is 0 Å². The summed E-state index contributed by atoms with van der Waals surface area (Å²) < 4.78 is 2.90. The van der Waals surface area contributed by atoms with Crippen molar-refractivity contribution < 1.29 is 10.2 Å². The summed E-state index contributed by atoms with van der Waals surface area (Å²) in [5.74, 6) is 0. The lowest BCUT2D eigenvalue weighted by Crippen LogP contribution is -2.51. The van der Waals surface area contributed by atoms with Crippen LogP contribution >= 0.6 is 15.9 Å². The standard InChI is InChI=1S/C12H22BrN3O2/c1-4-12(7-17,8-18)14-6-10-11(13)9(3)15-16(10)5-2/h14,17-18H,4-8H2,1-3H3. The van der Waals surface area contributed by atoms with Crippen LogP contribution in [0.15, 0.2) is 4.47 Å². The van der Waals surface area contributed by atoms with Crippen LogP contribution in [0.1, 0.15) is 31.7 Å². The molecule has 6 heteroatoms. The first-order valence-corrected chi connectivity index (χ1v) is 7.01. The zero-order valence-electron chi connectivity index (χ0n) is 11.2. The molecule has 0 amide bonds. The molecule has 1 rings (SSSR count). The van der Waals surface area contributed by atoms with Gasteiger partial charge in [-0.25, -0.2) is 0 Å². The van der Waals surface area contributed by atoms with Gasteiger partial charge in [0.1, 0.15) is 0 Å². The molecule has 0 saturated carbocycles. The molecular formula is C12H22BrN3O2. The molecule has 18 heavy (non-hydrogen) atoms. The third-order valence-electron chi connectivity index (χ3n) is 3.37. The highest BCUT2D eigenvalue weighted by Crippen LogP contribution is 2.22. The minimum atomic E-state index is -0.629. The zero-order chi connectivity index (χ0) is 13.8. The molecule has 0 aromatic carbocycles. The van der Waals surface area contributed by atoms with E-state index in [9.17, 15) is 10.2 Å². The van der Waals surface area contributed by atoms with E-state index < -0.39 is 5.54 Å². The summed E-state index contributed by atoms with van der Waals surface area (Å²) in [6, 6.07) is 0. The Bertz CT molecular complexity index is 381. The summed E-state index contributed by atoms with van der Waals surface area (Å²) in [6.45, 7) is 7.11. The van der Waals surface area contributed by atoms with Gasteiger partial charge in [0.15, 0.2) is 0 Å². The second-order valence-electron chi connectivity index (χ2n) is 4.47. The predicted octanol–water partition coefficient (Wildman–Crippen LogP) is 1.20. The topological polar surface area (TPSA) is 70.3 Å². The third-order valence-corrected chi connectivity index (χ3v) is 4.40. The molecule has 0 unspecified atom stereocenters. The van der Waals surface area contributed by atoms with E-state index in [-0.39, 0.29) is 13.2 Å². The fraction of sp³-hybridized carbons (Fsp3) is 0.750. The van der Waals surface area contributed by atoms with Crippen molar-refractivity contribution in [2.24, 2.45) is 0 Å². The van der Waals surface area contributed by atoms with Crippen molar-refractivity contribution in [3.8, 4) is 0 Å². The SMILES string of the molecule is CCn1nc(C)c(Br)c1CNC(CC)(CO)CO. The maximum Gasteiger partial charge on any atom is 0.0739 e. The number of halogens is 1. The van der Waals surface area contributed by atoms with E-state index in [1.807, 2.05) is 25.5 Å². The fourth-order valence-corrected chi connectivity index (χ4v) is 2.24. The lowest BCUT2D eigenvalue weighted by atomic mass is 9.98. The smallest absolute Gasteiger partial charge is 0.0739 e. The zero-order valence-corrected chi connectivity index (χ0v) is 12.8. The Morgan fingerprint density at radius 2 is 1.94 bits per heavy atom. The van der Waals surface area contributed by atoms with Crippen molar-refractivity contribution in [3.05, 3.63) is 15.9 Å². The number of rotatable bonds is 7. The molecule has 5 nitrogen and oxygen atoms in total. The van der Waals surface area contributed by atoms with Gasteiger partial charge in [0, 0.05) is 13.1 Å². The average molecular weight is 320 g/mol. The summed E-state index contributed by atoms with van der Waals surface area (Å²) >= 11 is 3.53. The summed E-state index contributed by atoms with van der Waals surface area (Å²) in [5, 5.41) is 26.4. The summed E-state index contributed by atoms with van der Waals surface area (Å²) in [4.78, 5) is 0. The van der Waals surface area contributed by atoms with E-state index >= 15 is 0 Å². The molecule has 0 atom stereocenters. The van der Waals surface area contributed by atoms with Gasteiger partial charge in [-0.1, -0.05) is 6.92 Å². The van der Waals surface area contributed by atoms with E-state index in [0.717, 1.165) is 22.4 Å². The number of hydrogen-bond donors (Lipinski definition) is 3. The van der Waals surface area contributed by atoms with Gasteiger partial charge in [-0.15, -0.1) is 0 Å². The Morgan fingerprint density at radius 3 is 2.39 bits per heavy atom. The quantitative estimate of drug-likeness (QED) is 0.706. The normalized spacial score (nSPS) is 12.1. The second kappa shape index (κ2) is 6.65. The molecule has 0 fully saturated rings. The number of nitrogens with zero attached hydrogens (tertiary/aromatic N) is 2. The second-order valence-corrected chi connectivity index (χ2v) is 5.26. The van der Waals surface area contributed by atoms with Gasteiger partial charge in [0.2, 0.25) is 0 Å². The summed E-state index contributed by atoms with van der Waals surface area (Å²) in [7, 11) is 0. The monoisotopic (exact) mass is 319 g/mol. The number of nitrogens with one attached hydrogen (secondary N) is 1. The lowest BCUT2D eigenvalue weighted by molar-refractivity contribution is 0.0857. The van der Waals surface area contributed by atoms with Crippen LogP contribution in [0.25, 0.3) is 0 Å². The Hall–Kier alpha value is -0.430. The lowest BCUT2D eigenvalue weighted by Gasteiger charge is -2.30. The van der Waals surface area contributed by atoms with Crippen LogP contribution in [0.5, 0.6) is 0 Å². The molecular weight excluding hydrogens is 298 g/mol. The van der Waals surface area contributed by atoms with Gasteiger partial charge in [-0.2, -0.15) is 5.10 Å². The minimum absolute atomic E-state index is 0.0864. The summed E-state index contributed by atoms with van der Waals surface area (Å²) in [5.41, 5.74) is 1.36. The van der Waals surface area contributed by atoms with Crippen LogP contribution in [0, 0.1) is 6.92 Å². The van der Waals surface area contributed by atoms with Gasteiger partial charge in [0.05, 0.1) is 34.6 Å². The van der Waals surface area contributed by atoms with Gasteiger partial charge >= 0.3 is 0 Å².